The Morgan fingerprint density at radius 2 is 0.757 bits per heavy atom. The van der Waals surface area contributed by atoms with E-state index in [1.165, 1.54) is 0 Å². The number of carboxylic acid groups (broad SMARTS) is 1. The molecular formula is C59H98N4O44. The number of amides is 4. The highest BCUT2D eigenvalue weighted by molar-refractivity contribution is 5.77. The van der Waals surface area contributed by atoms with Crippen molar-refractivity contribution in [2.24, 2.45) is 0 Å². The Kier molecular flexibility index (Phi) is 31.5. The van der Waals surface area contributed by atoms with Gasteiger partial charge in [0, 0.05) is 34.1 Å². The van der Waals surface area contributed by atoms with Gasteiger partial charge in [0.2, 0.25) is 23.6 Å². The van der Waals surface area contributed by atoms with Crippen LogP contribution in [0.3, 0.4) is 0 Å². The zero-order chi connectivity index (χ0) is 79.3. The maximum Gasteiger partial charge on any atom is 0.364 e. The van der Waals surface area contributed by atoms with Crippen molar-refractivity contribution in [2.45, 2.75) is 285 Å². The van der Waals surface area contributed by atoms with Crippen molar-refractivity contribution in [1.82, 2.24) is 21.3 Å². The Bertz CT molecular complexity index is 2870. The van der Waals surface area contributed by atoms with Gasteiger partial charge in [-0.05, 0) is 0 Å². The summed E-state index contributed by atoms with van der Waals surface area (Å²) in [4.78, 5) is 62.9. The number of carboxylic acids is 1. The monoisotopic (exact) mass is 1570 g/mol. The lowest BCUT2D eigenvalue weighted by molar-refractivity contribution is -0.397. The van der Waals surface area contributed by atoms with Crippen LogP contribution in [-0.2, 0) is 95.0 Å². The number of carbonyl (C=O) groups excluding carboxylic acids is 4. The molecular weight excluding hydrogens is 1470 g/mol. The summed E-state index contributed by atoms with van der Waals surface area (Å²) in [7, 11) is 0. The standard InChI is InChI=1S/C59H98N4O44/c1-14(70)60-27-18(74)5-59(58(91)92,107-48(27)31(76)19(75)6-64)94-13-26-34(79)40(85)43(88)55(101-26)103-46-23(10-68)99-53(30(38(46)83)63-17(4)73)106-50-41(86)33(78)21(8-66)97-57(50)105-49-35(80)25(12-93-54-42(87)39(84)32(77)20(7-65)96-54)100-56(44(49)89)104-47-24(11-69)98-52(29(37(47)82)62-16(3)72)102-45-22(9-67)95-51(90)28(36(45)81)61-15(2)71/h18-57,64-69,74-90H,5-13H2,1-4H3,(H,60,70)(H,61,71)(H,62,72)(H,63,73)(H,91,92)/t18-,19+,20+,21+,22+,23+,24+,25+,26+,27+,28+,29+,30+,31+,32+,33+,34-,35+,36+,37+,38+,39-,40-,41-,42-,43+,44-,45+,46+,47+,48+,49-,50-,51?,52-,53-,54-,55-,56-,57+,59+/m0/s1. The van der Waals surface area contributed by atoms with Gasteiger partial charge in [-0.25, -0.2) is 4.79 Å². The maximum absolute atomic E-state index is 13.0. The van der Waals surface area contributed by atoms with Crippen molar-refractivity contribution >= 4 is 29.6 Å². The van der Waals surface area contributed by atoms with E-state index in [1.807, 2.05) is 0 Å². The van der Waals surface area contributed by atoms with Gasteiger partial charge >= 0.3 is 5.97 Å². The molecule has 0 saturated carbocycles. The highest BCUT2D eigenvalue weighted by atomic mass is 16.8. The van der Waals surface area contributed by atoms with Gasteiger partial charge in [-0.2, -0.15) is 0 Å². The molecule has 28 N–H and O–H groups in total. The minimum absolute atomic E-state index is 0.769. The van der Waals surface area contributed by atoms with Gasteiger partial charge < -0.3 is 215 Å². The van der Waals surface area contributed by atoms with Crippen molar-refractivity contribution < 1.29 is 218 Å². The summed E-state index contributed by atoms with van der Waals surface area (Å²) >= 11 is 0. The number of nitrogens with one attached hydrogen (secondary N) is 4. The summed E-state index contributed by atoms with van der Waals surface area (Å²) in [6.07, 6.45) is -77.0. The fraction of sp³-hybridized carbons (Fsp3) is 0.915. The summed E-state index contributed by atoms with van der Waals surface area (Å²) in [5, 5.41) is 273. The van der Waals surface area contributed by atoms with Gasteiger partial charge in [0.05, 0.1) is 65.0 Å². The first-order chi connectivity index (χ1) is 50.4. The number of aliphatic carboxylic acids is 1. The molecule has 8 aliphatic heterocycles. The predicted molar refractivity (Wildman–Crippen MR) is 328 cm³/mol. The SMILES string of the molecule is CC(=O)N[C@H]1[C@H](O[C@H]2[C@H](O)[C@@H](NC(C)=O)C(O)O[C@@H]2CO)O[C@H](CO)[C@@H](O[C@@H]2O[C@H](CO[C@H]3O[C@H](CO)[C@@H](O)[C@H](O)[C@@H]3O)[C@@H](O)[C@H](O[C@H]3O[C@H](CO)[C@@H](O)[C@H](O)[C@@H]3O[C@@H]3O[C@H](CO)[C@@H](O[C@@H]4O[C@H](CO[C@]5(C(=O)O)C[C@H](O)[C@@H](NC(C)=O)[C@H]([C@H](O)[C@H](O)CO)O5)[C@H](O)[C@H](O)[C@H]4O)[C@H](O)[C@H]3NC(C)=O)[C@@H]2O)[C@@H]1O. The minimum atomic E-state index is -3.06. The molecule has 8 saturated heterocycles. The molecule has 41 atom stereocenters. The van der Waals surface area contributed by atoms with Crippen LogP contribution >= 0.6 is 0 Å². The molecule has 8 fully saturated rings. The smallest absolute Gasteiger partial charge is 0.364 e. The molecule has 4 amide bonds. The van der Waals surface area contributed by atoms with Gasteiger partial charge in [-0.1, -0.05) is 0 Å². The van der Waals surface area contributed by atoms with Crippen LogP contribution < -0.4 is 21.3 Å². The van der Waals surface area contributed by atoms with Crippen molar-refractivity contribution in [3.8, 4) is 0 Å². The van der Waals surface area contributed by atoms with Crippen molar-refractivity contribution in [2.75, 3.05) is 52.9 Å². The lowest BCUT2D eigenvalue weighted by Crippen LogP contribution is -2.71. The van der Waals surface area contributed by atoms with Crippen LogP contribution in [0.5, 0.6) is 0 Å². The molecule has 0 aromatic heterocycles. The van der Waals surface area contributed by atoms with Gasteiger partial charge in [0.15, 0.2) is 44.0 Å². The third-order valence-electron chi connectivity index (χ3n) is 19.2. The lowest BCUT2D eigenvalue weighted by atomic mass is 9.88. The first kappa shape index (κ1) is 88.4. The summed E-state index contributed by atoms with van der Waals surface area (Å²) in [6, 6.07) is -7.18. The molecule has 8 aliphatic rings. The van der Waals surface area contributed by atoms with E-state index < -0.39 is 340 Å². The van der Waals surface area contributed by atoms with Crippen LogP contribution in [0.1, 0.15) is 34.1 Å². The number of aliphatic hydroxyl groups is 23. The largest absolute Gasteiger partial charge is 0.477 e. The van der Waals surface area contributed by atoms with Crippen molar-refractivity contribution in [3.05, 3.63) is 0 Å². The molecule has 8 heterocycles. The molecule has 0 aromatic rings. The van der Waals surface area contributed by atoms with E-state index in [9.17, 15) is 147 Å². The first-order valence-corrected chi connectivity index (χ1v) is 33.7. The molecule has 0 aromatic carbocycles. The van der Waals surface area contributed by atoms with E-state index in [-0.39, 0.29) is 0 Å². The normalized spacial score (nSPS) is 46.9. The number of rotatable bonds is 29. The number of hydrogen-bond acceptors (Lipinski definition) is 43. The fourth-order valence-electron chi connectivity index (χ4n) is 13.6. The second-order valence-electron chi connectivity index (χ2n) is 26.8. The summed E-state index contributed by atoms with van der Waals surface area (Å²) in [5.74, 6) is -8.61. The Hall–Kier alpha value is -4.17. The molecule has 48 heteroatoms. The fourth-order valence-corrected chi connectivity index (χ4v) is 13.6. The number of carbonyl (C=O) groups is 5. The van der Waals surface area contributed by atoms with Crippen molar-refractivity contribution in [3.63, 3.8) is 0 Å². The molecule has 8 rings (SSSR count). The van der Waals surface area contributed by atoms with Crippen LogP contribution in [0.25, 0.3) is 0 Å². The third-order valence-corrected chi connectivity index (χ3v) is 19.2. The Morgan fingerprint density at radius 3 is 1.23 bits per heavy atom. The third kappa shape index (κ3) is 19.7. The number of ether oxygens (including phenoxy) is 15. The van der Waals surface area contributed by atoms with E-state index in [0.29, 0.717) is 0 Å². The molecule has 1 unspecified atom stereocenters. The topological polar surface area (TPSA) is 757 Å². The average molecular weight is 1570 g/mol. The van der Waals surface area contributed by atoms with Gasteiger partial charge in [0.1, 0.15) is 189 Å². The van der Waals surface area contributed by atoms with E-state index in [1.54, 1.807) is 0 Å². The highest BCUT2D eigenvalue weighted by Crippen LogP contribution is 2.40. The molecule has 0 aliphatic carbocycles. The molecule has 107 heavy (non-hydrogen) atoms. The Balaban J connectivity index is 1.06. The van der Waals surface area contributed by atoms with Crippen LogP contribution in [0.4, 0.5) is 0 Å². The van der Waals surface area contributed by atoms with Crippen LogP contribution in [0, 0.1) is 0 Å². The summed E-state index contributed by atoms with van der Waals surface area (Å²) in [5.41, 5.74) is 0. The zero-order valence-corrected chi connectivity index (χ0v) is 57.4. The molecule has 618 valence electrons. The van der Waals surface area contributed by atoms with Crippen LogP contribution in [0.2, 0.25) is 0 Å². The van der Waals surface area contributed by atoms with Gasteiger partial charge in [-0.15, -0.1) is 0 Å². The van der Waals surface area contributed by atoms with E-state index in [0.717, 1.165) is 27.7 Å². The van der Waals surface area contributed by atoms with Gasteiger partial charge in [0.25, 0.3) is 5.79 Å². The Labute approximate surface area is 605 Å². The molecule has 0 radical (unpaired) electrons. The molecule has 48 nitrogen and oxygen atoms in total. The number of aliphatic hydroxyl groups excluding tert-OH is 23. The maximum atomic E-state index is 13.0. The highest BCUT2D eigenvalue weighted by Gasteiger charge is 2.61. The predicted octanol–water partition coefficient (Wildman–Crippen LogP) is -18.7. The minimum Gasteiger partial charge on any atom is -0.477 e. The zero-order valence-electron chi connectivity index (χ0n) is 57.4. The van der Waals surface area contributed by atoms with Crippen LogP contribution in [0.15, 0.2) is 0 Å². The van der Waals surface area contributed by atoms with E-state index in [2.05, 4.69) is 21.3 Å². The van der Waals surface area contributed by atoms with E-state index >= 15 is 0 Å². The second kappa shape index (κ2) is 38.1. The summed E-state index contributed by atoms with van der Waals surface area (Å²) in [6.45, 7) is -5.01. The van der Waals surface area contributed by atoms with Crippen LogP contribution in [-0.4, -0.2) is 456 Å². The lowest BCUT2D eigenvalue weighted by Gasteiger charge is -2.51. The summed E-state index contributed by atoms with van der Waals surface area (Å²) < 4.78 is 87.5. The average Bonchev–Trinajstić information content (AvgIpc) is 0.770. The first-order valence-electron chi connectivity index (χ1n) is 33.7. The molecule has 0 spiro atoms. The molecule has 0 bridgehead atoms. The van der Waals surface area contributed by atoms with Crippen molar-refractivity contribution in [1.29, 1.82) is 0 Å². The van der Waals surface area contributed by atoms with Gasteiger partial charge in [-0.3, -0.25) is 19.2 Å². The quantitative estimate of drug-likeness (QED) is 0.0331. The second-order valence-corrected chi connectivity index (χ2v) is 26.8. The number of hydrogen-bond donors (Lipinski definition) is 28. The van der Waals surface area contributed by atoms with E-state index in [4.69, 9.17) is 71.1 Å². The Morgan fingerprint density at radius 1 is 0.383 bits per heavy atom.